The van der Waals surface area contributed by atoms with Crippen LogP contribution in [-0.4, -0.2) is 61.0 Å². The third kappa shape index (κ3) is 4.14. The number of likely N-dealkylation sites (tertiary alicyclic amines) is 1. The zero-order chi connectivity index (χ0) is 20.4. The van der Waals surface area contributed by atoms with Crippen LogP contribution >= 0.6 is 11.6 Å². The molecule has 0 aliphatic carbocycles. The molecule has 0 saturated carbocycles. The van der Waals surface area contributed by atoms with Gasteiger partial charge in [0, 0.05) is 32.1 Å². The van der Waals surface area contributed by atoms with Gasteiger partial charge in [0.05, 0.1) is 29.7 Å². The number of nitrogens with zero attached hydrogens (tertiary/aromatic N) is 2. The number of hydrogen-bond acceptors (Lipinski definition) is 3. The third-order valence-electron chi connectivity index (χ3n) is 5.63. The number of ether oxygens (including phenoxy) is 1. The Bertz CT molecular complexity index is 916. The van der Waals surface area contributed by atoms with Crippen molar-refractivity contribution < 1.29 is 18.7 Å². The van der Waals surface area contributed by atoms with Gasteiger partial charge in [-0.15, -0.1) is 0 Å². The molecule has 2 aromatic rings. The van der Waals surface area contributed by atoms with Crippen molar-refractivity contribution in [2.24, 2.45) is 5.92 Å². The second-order valence-electron chi connectivity index (χ2n) is 7.40. The van der Waals surface area contributed by atoms with Crippen molar-refractivity contribution in [2.75, 3.05) is 39.4 Å². The van der Waals surface area contributed by atoms with E-state index in [0.717, 1.165) is 5.56 Å². The maximum Gasteiger partial charge on any atom is 0.255 e. The first-order chi connectivity index (χ1) is 14.0. The van der Waals surface area contributed by atoms with Crippen molar-refractivity contribution in [1.82, 2.24) is 9.80 Å². The van der Waals surface area contributed by atoms with Crippen LogP contribution in [-0.2, 0) is 9.53 Å². The quantitative estimate of drug-likeness (QED) is 0.772. The van der Waals surface area contributed by atoms with Crippen LogP contribution in [0.25, 0.3) is 0 Å². The lowest BCUT2D eigenvalue weighted by atomic mass is 9.88. The van der Waals surface area contributed by atoms with Crippen molar-refractivity contribution in [3.05, 3.63) is 70.5 Å². The van der Waals surface area contributed by atoms with Crippen LogP contribution in [0.1, 0.15) is 21.8 Å². The highest BCUT2D eigenvalue weighted by Gasteiger charge is 2.42. The van der Waals surface area contributed by atoms with Gasteiger partial charge < -0.3 is 14.5 Å². The van der Waals surface area contributed by atoms with E-state index in [1.165, 1.54) is 12.1 Å². The van der Waals surface area contributed by atoms with Crippen LogP contribution in [0.2, 0.25) is 5.02 Å². The summed E-state index contributed by atoms with van der Waals surface area (Å²) in [4.78, 5) is 29.8. The predicted molar refractivity (Wildman–Crippen MR) is 107 cm³/mol. The average molecular weight is 417 g/mol. The molecule has 2 atom stereocenters. The lowest BCUT2D eigenvalue weighted by Crippen LogP contribution is -2.45. The monoisotopic (exact) mass is 416 g/mol. The van der Waals surface area contributed by atoms with Crippen LogP contribution in [0.4, 0.5) is 4.39 Å². The minimum atomic E-state index is -0.429. The van der Waals surface area contributed by atoms with Crippen molar-refractivity contribution in [2.45, 2.75) is 5.92 Å². The highest BCUT2D eigenvalue weighted by molar-refractivity contribution is 6.33. The SMILES string of the molecule is O=C(c1ccccc1Cl)N1CC(C(=O)N2CCOCC2)C(c2cccc(F)c2)C1. The number of rotatable bonds is 3. The standard InChI is InChI=1S/C22H22ClFN2O3/c23-20-7-2-1-6-17(20)21(27)26-13-18(15-4-3-5-16(24)12-15)19(14-26)22(28)25-8-10-29-11-9-25/h1-7,12,18-19H,8-11,13-14H2. The fourth-order valence-electron chi connectivity index (χ4n) is 4.12. The predicted octanol–water partition coefficient (Wildman–Crippen LogP) is 3.19. The summed E-state index contributed by atoms with van der Waals surface area (Å²) in [5.74, 6) is -1.28. The molecule has 0 N–H and O–H groups in total. The highest BCUT2D eigenvalue weighted by Crippen LogP contribution is 2.35. The molecule has 5 nitrogen and oxygen atoms in total. The molecule has 0 radical (unpaired) electrons. The Balaban J connectivity index is 1.62. The van der Waals surface area contributed by atoms with E-state index >= 15 is 0 Å². The molecule has 2 aliphatic rings. The zero-order valence-electron chi connectivity index (χ0n) is 15.9. The van der Waals surface area contributed by atoms with Gasteiger partial charge in [-0.2, -0.15) is 0 Å². The van der Waals surface area contributed by atoms with E-state index in [4.69, 9.17) is 16.3 Å². The first-order valence-corrected chi connectivity index (χ1v) is 10.1. The Labute approximate surface area is 174 Å². The van der Waals surface area contributed by atoms with E-state index in [1.54, 1.807) is 40.1 Å². The first kappa shape index (κ1) is 19.9. The molecule has 0 bridgehead atoms. The molecule has 152 valence electrons. The average Bonchev–Trinajstić information content (AvgIpc) is 3.19. The van der Waals surface area contributed by atoms with Crippen molar-refractivity contribution in [1.29, 1.82) is 0 Å². The van der Waals surface area contributed by atoms with Gasteiger partial charge in [-0.1, -0.05) is 35.9 Å². The molecule has 4 rings (SSSR count). The molecule has 2 aliphatic heterocycles. The Morgan fingerprint density at radius 1 is 1.00 bits per heavy atom. The molecule has 2 saturated heterocycles. The van der Waals surface area contributed by atoms with Crippen LogP contribution in [0.15, 0.2) is 48.5 Å². The fourth-order valence-corrected chi connectivity index (χ4v) is 4.33. The van der Waals surface area contributed by atoms with Crippen molar-refractivity contribution >= 4 is 23.4 Å². The molecule has 2 unspecified atom stereocenters. The zero-order valence-corrected chi connectivity index (χ0v) is 16.6. The summed E-state index contributed by atoms with van der Waals surface area (Å²) < 4.78 is 19.2. The molecule has 2 amide bonds. The van der Waals surface area contributed by atoms with Crippen molar-refractivity contribution in [3.63, 3.8) is 0 Å². The Morgan fingerprint density at radius 3 is 2.48 bits per heavy atom. The van der Waals surface area contributed by atoms with Crippen molar-refractivity contribution in [3.8, 4) is 0 Å². The smallest absolute Gasteiger partial charge is 0.255 e. The van der Waals surface area contributed by atoms with Gasteiger partial charge >= 0.3 is 0 Å². The van der Waals surface area contributed by atoms with Gasteiger partial charge in [-0.25, -0.2) is 4.39 Å². The largest absolute Gasteiger partial charge is 0.378 e. The number of hydrogen-bond donors (Lipinski definition) is 0. The van der Waals surface area contributed by atoms with Crippen LogP contribution in [0.3, 0.4) is 0 Å². The second kappa shape index (κ2) is 8.51. The third-order valence-corrected chi connectivity index (χ3v) is 5.96. The van der Waals surface area contributed by atoms with Crippen LogP contribution in [0.5, 0.6) is 0 Å². The molecule has 0 aromatic heterocycles. The summed E-state index contributed by atoms with van der Waals surface area (Å²) in [7, 11) is 0. The maximum atomic E-state index is 13.9. The molecular weight excluding hydrogens is 395 g/mol. The Hall–Kier alpha value is -2.44. The molecule has 0 spiro atoms. The summed E-state index contributed by atoms with van der Waals surface area (Å²) in [6, 6.07) is 13.2. The summed E-state index contributed by atoms with van der Waals surface area (Å²) in [6.45, 7) is 2.69. The highest BCUT2D eigenvalue weighted by atomic mass is 35.5. The van der Waals surface area contributed by atoms with E-state index in [0.29, 0.717) is 43.4 Å². The van der Waals surface area contributed by atoms with E-state index in [1.807, 2.05) is 6.07 Å². The van der Waals surface area contributed by atoms with Gasteiger partial charge in [-0.3, -0.25) is 9.59 Å². The van der Waals surface area contributed by atoms with Crippen LogP contribution < -0.4 is 0 Å². The number of carbonyl (C=O) groups is 2. The number of carbonyl (C=O) groups excluding carboxylic acids is 2. The van der Waals surface area contributed by atoms with E-state index in [2.05, 4.69) is 0 Å². The minimum Gasteiger partial charge on any atom is -0.378 e. The lowest BCUT2D eigenvalue weighted by molar-refractivity contribution is -0.139. The lowest BCUT2D eigenvalue weighted by Gasteiger charge is -2.30. The summed E-state index contributed by atoms with van der Waals surface area (Å²) in [5, 5.41) is 0.378. The summed E-state index contributed by atoms with van der Waals surface area (Å²) >= 11 is 6.21. The summed E-state index contributed by atoms with van der Waals surface area (Å²) in [5.41, 5.74) is 1.14. The van der Waals surface area contributed by atoms with Gasteiger partial charge in [0.25, 0.3) is 5.91 Å². The Kier molecular flexibility index (Phi) is 5.83. The number of amides is 2. The molecule has 2 heterocycles. The Morgan fingerprint density at radius 2 is 1.76 bits per heavy atom. The van der Waals surface area contributed by atoms with E-state index in [-0.39, 0.29) is 30.1 Å². The first-order valence-electron chi connectivity index (χ1n) is 9.70. The fraction of sp³-hybridized carbons (Fsp3) is 0.364. The number of halogens is 2. The van der Waals surface area contributed by atoms with E-state index < -0.39 is 5.92 Å². The van der Waals surface area contributed by atoms with Gasteiger partial charge in [0.2, 0.25) is 5.91 Å². The van der Waals surface area contributed by atoms with Crippen LogP contribution in [0, 0.1) is 11.7 Å². The molecule has 2 aromatic carbocycles. The normalized spacial score (nSPS) is 22.0. The molecular formula is C22H22ClFN2O3. The topological polar surface area (TPSA) is 49.9 Å². The molecule has 7 heteroatoms. The minimum absolute atomic E-state index is 0.0166. The maximum absolute atomic E-state index is 13.9. The molecule has 29 heavy (non-hydrogen) atoms. The van der Waals surface area contributed by atoms with Gasteiger partial charge in [-0.05, 0) is 29.8 Å². The molecule has 2 fully saturated rings. The number of benzene rings is 2. The summed E-state index contributed by atoms with van der Waals surface area (Å²) in [6.07, 6.45) is 0. The second-order valence-corrected chi connectivity index (χ2v) is 7.80. The number of morpholine rings is 1. The van der Waals surface area contributed by atoms with E-state index in [9.17, 15) is 14.0 Å². The van der Waals surface area contributed by atoms with Gasteiger partial charge in [0.1, 0.15) is 5.82 Å². The van der Waals surface area contributed by atoms with Gasteiger partial charge in [0.15, 0.2) is 0 Å².